The van der Waals surface area contributed by atoms with Crippen LogP contribution in [0, 0.1) is 74.9 Å². The van der Waals surface area contributed by atoms with Crippen molar-refractivity contribution in [3.8, 4) is 0 Å². The molecular formula is C18H20. The van der Waals surface area contributed by atoms with Crippen molar-refractivity contribution in [1.82, 2.24) is 0 Å². The fourth-order valence-electron chi connectivity index (χ4n) is 13.1. The van der Waals surface area contributed by atoms with Gasteiger partial charge in [0.1, 0.15) is 0 Å². The SMILES string of the molecule is CC12C3C4CC5C(CC541)C1C4CC5CC6C3C12C546. The van der Waals surface area contributed by atoms with Crippen molar-refractivity contribution in [2.45, 2.75) is 32.6 Å². The molecule has 0 heteroatoms. The van der Waals surface area contributed by atoms with E-state index in [1.165, 1.54) is 53.3 Å². The predicted molar refractivity (Wildman–Crippen MR) is 65.3 cm³/mol. The highest BCUT2D eigenvalue weighted by Gasteiger charge is 3.13. The van der Waals surface area contributed by atoms with Gasteiger partial charge in [-0.1, -0.05) is 6.92 Å². The average Bonchev–Trinajstić information content (AvgIpc) is 2.24. The summed E-state index contributed by atoms with van der Waals surface area (Å²) in [6, 6.07) is 0. The van der Waals surface area contributed by atoms with E-state index in [1.54, 1.807) is 25.7 Å². The van der Waals surface area contributed by atoms with E-state index in [2.05, 4.69) is 6.92 Å². The van der Waals surface area contributed by atoms with E-state index < -0.39 is 0 Å². The molecule has 9 aliphatic carbocycles. The van der Waals surface area contributed by atoms with Crippen LogP contribution in [0.3, 0.4) is 0 Å². The summed E-state index contributed by atoms with van der Waals surface area (Å²) >= 11 is 0. The Bertz CT molecular complexity index is 628. The topological polar surface area (TPSA) is 0 Å². The molecule has 0 aromatic carbocycles. The molecule has 2 bridgehead atoms. The molecule has 9 saturated carbocycles. The summed E-state index contributed by atoms with van der Waals surface area (Å²) < 4.78 is 0. The molecule has 9 rings (SSSR count). The van der Waals surface area contributed by atoms with Crippen LogP contribution in [0.5, 0.6) is 0 Å². The molecule has 0 heterocycles. The van der Waals surface area contributed by atoms with Crippen molar-refractivity contribution in [2.24, 2.45) is 74.9 Å². The molecule has 0 nitrogen and oxygen atoms in total. The van der Waals surface area contributed by atoms with E-state index in [4.69, 9.17) is 0 Å². The maximum Gasteiger partial charge on any atom is -0.0103 e. The van der Waals surface area contributed by atoms with Crippen molar-refractivity contribution < 1.29 is 0 Å². The zero-order valence-corrected chi connectivity index (χ0v) is 11.0. The molecule has 0 amide bonds. The van der Waals surface area contributed by atoms with E-state index >= 15 is 0 Å². The lowest BCUT2D eigenvalue weighted by Crippen LogP contribution is -3.13. The first kappa shape index (κ1) is 7.70. The fourth-order valence-corrected chi connectivity index (χ4v) is 13.1. The number of rotatable bonds is 0. The Labute approximate surface area is 108 Å². The highest BCUT2D eigenvalue weighted by atomic mass is 15.2. The molecular weight excluding hydrogens is 216 g/mol. The third-order valence-corrected chi connectivity index (χ3v) is 12.3. The second kappa shape index (κ2) is 1.44. The third kappa shape index (κ3) is 0.268. The molecule has 92 valence electrons. The van der Waals surface area contributed by atoms with Crippen molar-refractivity contribution in [3.63, 3.8) is 0 Å². The molecule has 9 aliphatic rings. The second-order valence-corrected chi connectivity index (χ2v) is 10.3. The molecule has 3 spiro atoms. The van der Waals surface area contributed by atoms with Gasteiger partial charge in [0.25, 0.3) is 0 Å². The first-order chi connectivity index (χ1) is 8.77. The molecule has 0 aromatic rings. The quantitative estimate of drug-likeness (QED) is 0.606. The van der Waals surface area contributed by atoms with Crippen LogP contribution in [-0.2, 0) is 0 Å². The van der Waals surface area contributed by atoms with Gasteiger partial charge in [-0.2, -0.15) is 0 Å². The maximum absolute atomic E-state index is 2.83. The van der Waals surface area contributed by atoms with Crippen LogP contribution < -0.4 is 0 Å². The summed E-state index contributed by atoms with van der Waals surface area (Å²) in [6.07, 6.45) is 6.80. The van der Waals surface area contributed by atoms with Gasteiger partial charge in [-0.15, -0.1) is 0 Å². The smallest absolute Gasteiger partial charge is 0.0103 e. The van der Waals surface area contributed by atoms with Gasteiger partial charge in [0.05, 0.1) is 0 Å². The van der Waals surface area contributed by atoms with Gasteiger partial charge >= 0.3 is 0 Å². The molecule has 0 aromatic heterocycles. The molecule has 0 aliphatic heterocycles. The van der Waals surface area contributed by atoms with Gasteiger partial charge in [0.15, 0.2) is 0 Å². The Kier molecular flexibility index (Phi) is 0.615. The van der Waals surface area contributed by atoms with Crippen molar-refractivity contribution >= 4 is 0 Å². The monoisotopic (exact) mass is 236 g/mol. The minimum Gasteiger partial charge on any atom is -0.0582 e. The Balaban J connectivity index is 1.45. The summed E-state index contributed by atoms with van der Waals surface area (Å²) in [5, 5.41) is 0. The summed E-state index contributed by atoms with van der Waals surface area (Å²) in [7, 11) is 0. The van der Waals surface area contributed by atoms with Gasteiger partial charge in [0.2, 0.25) is 0 Å². The van der Waals surface area contributed by atoms with Gasteiger partial charge in [-0.25, -0.2) is 0 Å². The van der Waals surface area contributed by atoms with E-state index in [0.717, 1.165) is 21.7 Å². The molecule has 0 radical (unpaired) electrons. The van der Waals surface area contributed by atoms with Crippen LogP contribution >= 0.6 is 0 Å². The lowest BCUT2D eigenvalue weighted by molar-refractivity contribution is -0.698. The van der Waals surface area contributed by atoms with E-state index in [0.29, 0.717) is 0 Å². The van der Waals surface area contributed by atoms with Crippen molar-refractivity contribution in [2.75, 3.05) is 0 Å². The summed E-state index contributed by atoms with van der Waals surface area (Å²) in [6.45, 7) is 2.83. The lowest BCUT2D eigenvalue weighted by atomic mass is 8.87. The molecule has 13 atom stereocenters. The zero-order valence-electron chi connectivity index (χ0n) is 11.0. The van der Waals surface area contributed by atoms with Crippen molar-refractivity contribution in [3.05, 3.63) is 0 Å². The Morgan fingerprint density at radius 2 is 1.67 bits per heavy atom. The second-order valence-electron chi connectivity index (χ2n) is 10.3. The molecule has 0 saturated heterocycles. The maximum atomic E-state index is 2.83. The van der Waals surface area contributed by atoms with Crippen LogP contribution in [0.15, 0.2) is 0 Å². The normalized spacial score (nSPS) is 102. The van der Waals surface area contributed by atoms with Crippen LogP contribution in [0.1, 0.15) is 32.6 Å². The minimum atomic E-state index is 0.920. The largest absolute Gasteiger partial charge is 0.0582 e. The summed E-state index contributed by atoms with van der Waals surface area (Å²) in [5.41, 5.74) is 3.95. The van der Waals surface area contributed by atoms with Gasteiger partial charge in [0, 0.05) is 0 Å². The van der Waals surface area contributed by atoms with Crippen LogP contribution in [-0.4, -0.2) is 0 Å². The Morgan fingerprint density at radius 1 is 0.833 bits per heavy atom. The highest BCUT2D eigenvalue weighted by Crippen LogP contribution is 3.16. The third-order valence-electron chi connectivity index (χ3n) is 12.3. The lowest BCUT2D eigenvalue weighted by Gasteiger charge is -3.16. The number of hydrogen-bond donors (Lipinski definition) is 0. The standard InChI is InChI=1S/C18H20/c1-15-13-9-4-8-7(5-16(8,9)15)12-10-2-6-3-11-14(13)18(12,15)17(6,10)11/h6-14H,2-5H2,1H3. The average molecular weight is 236 g/mol. The first-order valence-corrected chi connectivity index (χ1v) is 8.77. The fraction of sp³-hybridized carbons (Fsp3) is 1.00. The summed E-state index contributed by atoms with van der Waals surface area (Å²) in [5.74, 6) is 11.4. The Morgan fingerprint density at radius 3 is 2.44 bits per heavy atom. The highest BCUT2D eigenvalue weighted by molar-refractivity contribution is 5.59. The van der Waals surface area contributed by atoms with Crippen LogP contribution in [0.25, 0.3) is 0 Å². The van der Waals surface area contributed by atoms with E-state index in [-0.39, 0.29) is 0 Å². The molecule has 0 N–H and O–H groups in total. The predicted octanol–water partition coefficient (Wildman–Crippen LogP) is 3.18. The van der Waals surface area contributed by atoms with Crippen LogP contribution in [0.2, 0.25) is 0 Å². The summed E-state index contributed by atoms with van der Waals surface area (Å²) in [4.78, 5) is 0. The zero-order chi connectivity index (χ0) is 11.0. The van der Waals surface area contributed by atoms with Gasteiger partial charge in [-0.05, 0) is 101 Å². The van der Waals surface area contributed by atoms with Gasteiger partial charge in [-0.3, -0.25) is 0 Å². The molecule has 18 heavy (non-hydrogen) atoms. The Hall–Kier alpha value is 0. The molecule has 9 fully saturated rings. The molecule has 13 unspecified atom stereocenters. The van der Waals surface area contributed by atoms with Gasteiger partial charge < -0.3 is 0 Å². The van der Waals surface area contributed by atoms with Crippen LogP contribution in [0.4, 0.5) is 0 Å². The number of hydrogen-bond acceptors (Lipinski definition) is 0. The first-order valence-electron chi connectivity index (χ1n) is 8.77. The van der Waals surface area contributed by atoms with Crippen molar-refractivity contribution in [1.29, 1.82) is 0 Å². The minimum absolute atomic E-state index is 0.920. The van der Waals surface area contributed by atoms with E-state index in [1.807, 2.05) is 0 Å². The number of fused-ring (bicyclic) bond motifs is 5. The van der Waals surface area contributed by atoms with E-state index in [9.17, 15) is 0 Å².